The second-order valence-corrected chi connectivity index (χ2v) is 10.1. The van der Waals surface area contributed by atoms with Crippen LogP contribution in [0.5, 0.6) is 11.5 Å². The number of methoxy groups -OCH3 is 2. The van der Waals surface area contributed by atoms with Crippen LogP contribution in [0, 0.1) is 0 Å². The molecule has 32 heavy (non-hydrogen) atoms. The average Bonchev–Trinajstić information content (AvgIpc) is 3.58. The normalized spacial score (nSPS) is 11.8. The number of thiophene rings is 2. The number of imidazole rings is 1. The standard InChI is InChI=1S/C23H23N3O3S3/c1-14(22(27)24-13-15-8-9-16(28-2)17(12-15)29-3)32-23-25-20(18-6-4-10-30-18)21(26-23)19-7-5-11-31-19/h4-12,14H,13H2,1-3H3,(H,24,27)(H,25,26). The number of hydrogen-bond donors (Lipinski definition) is 2. The van der Waals surface area contributed by atoms with Gasteiger partial charge in [0.05, 0.1) is 34.9 Å². The minimum Gasteiger partial charge on any atom is -0.493 e. The zero-order valence-corrected chi connectivity index (χ0v) is 20.3. The molecule has 0 radical (unpaired) electrons. The first-order valence-electron chi connectivity index (χ1n) is 9.92. The number of rotatable bonds is 9. The van der Waals surface area contributed by atoms with Crippen molar-refractivity contribution in [3.05, 3.63) is 58.8 Å². The third-order valence-electron chi connectivity index (χ3n) is 4.78. The number of amides is 1. The number of nitrogens with zero attached hydrogens (tertiary/aromatic N) is 1. The van der Waals surface area contributed by atoms with Crippen molar-refractivity contribution in [2.45, 2.75) is 23.9 Å². The second-order valence-electron chi connectivity index (χ2n) is 6.89. The van der Waals surface area contributed by atoms with E-state index in [1.54, 1.807) is 36.9 Å². The Balaban J connectivity index is 1.44. The molecule has 9 heteroatoms. The predicted molar refractivity (Wildman–Crippen MR) is 132 cm³/mol. The first-order chi connectivity index (χ1) is 15.6. The van der Waals surface area contributed by atoms with E-state index in [0.717, 1.165) is 31.9 Å². The van der Waals surface area contributed by atoms with Crippen molar-refractivity contribution < 1.29 is 14.3 Å². The highest BCUT2D eigenvalue weighted by Gasteiger charge is 2.20. The molecular formula is C23H23N3O3S3. The van der Waals surface area contributed by atoms with Gasteiger partial charge in [-0.05, 0) is 47.5 Å². The molecule has 1 unspecified atom stereocenters. The van der Waals surface area contributed by atoms with Gasteiger partial charge in [-0.3, -0.25) is 4.79 Å². The minimum absolute atomic E-state index is 0.0588. The second kappa shape index (κ2) is 10.2. The lowest BCUT2D eigenvalue weighted by molar-refractivity contribution is -0.120. The average molecular weight is 486 g/mol. The van der Waals surface area contributed by atoms with E-state index in [9.17, 15) is 4.79 Å². The van der Waals surface area contributed by atoms with Crippen LogP contribution in [0.1, 0.15) is 12.5 Å². The number of carbonyl (C=O) groups is 1. The first-order valence-corrected chi connectivity index (χ1v) is 12.6. The molecule has 3 heterocycles. The molecule has 166 valence electrons. The third-order valence-corrected chi connectivity index (χ3v) is 7.52. The maximum absolute atomic E-state index is 12.7. The number of hydrogen-bond acceptors (Lipinski definition) is 7. The maximum Gasteiger partial charge on any atom is 0.233 e. The molecule has 0 spiro atoms. The van der Waals surface area contributed by atoms with E-state index in [2.05, 4.69) is 22.4 Å². The quantitative estimate of drug-likeness (QED) is 0.298. The molecule has 0 fully saturated rings. The predicted octanol–water partition coefficient (Wildman–Crippen LogP) is 5.68. The highest BCUT2D eigenvalue weighted by molar-refractivity contribution is 8.00. The lowest BCUT2D eigenvalue weighted by Gasteiger charge is -2.12. The van der Waals surface area contributed by atoms with Crippen molar-refractivity contribution in [2.24, 2.45) is 0 Å². The molecule has 3 aromatic heterocycles. The fourth-order valence-corrected chi connectivity index (χ4v) is 5.42. The number of nitrogens with one attached hydrogen (secondary N) is 2. The lowest BCUT2D eigenvalue weighted by Crippen LogP contribution is -2.30. The van der Waals surface area contributed by atoms with Crippen LogP contribution in [0.4, 0.5) is 0 Å². The molecule has 4 aromatic rings. The lowest BCUT2D eigenvalue weighted by atomic mass is 10.2. The number of aromatic nitrogens is 2. The molecule has 0 saturated heterocycles. The van der Waals surface area contributed by atoms with E-state index < -0.39 is 0 Å². The smallest absolute Gasteiger partial charge is 0.233 e. The highest BCUT2D eigenvalue weighted by atomic mass is 32.2. The Morgan fingerprint density at radius 3 is 2.47 bits per heavy atom. The Morgan fingerprint density at radius 1 is 1.09 bits per heavy atom. The summed E-state index contributed by atoms with van der Waals surface area (Å²) in [5.41, 5.74) is 2.84. The van der Waals surface area contributed by atoms with Gasteiger partial charge in [-0.1, -0.05) is 30.0 Å². The topological polar surface area (TPSA) is 76.2 Å². The Morgan fingerprint density at radius 2 is 1.81 bits per heavy atom. The van der Waals surface area contributed by atoms with Gasteiger partial charge in [0.25, 0.3) is 0 Å². The molecular weight excluding hydrogens is 462 g/mol. The monoisotopic (exact) mass is 485 g/mol. The van der Waals surface area contributed by atoms with E-state index in [4.69, 9.17) is 14.5 Å². The summed E-state index contributed by atoms with van der Waals surface area (Å²) in [5, 5.41) is 7.49. The fourth-order valence-electron chi connectivity index (χ4n) is 3.14. The molecule has 1 atom stereocenters. The Hall–Kier alpha value is -2.75. The zero-order valence-electron chi connectivity index (χ0n) is 17.9. The Labute approximate surface area is 199 Å². The van der Waals surface area contributed by atoms with Gasteiger partial charge in [-0.15, -0.1) is 22.7 Å². The van der Waals surface area contributed by atoms with Crippen LogP contribution in [0.15, 0.2) is 58.4 Å². The minimum atomic E-state index is -0.311. The van der Waals surface area contributed by atoms with Crippen LogP contribution in [0.2, 0.25) is 0 Å². The summed E-state index contributed by atoms with van der Waals surface area (Å²) in [6.07, 6.45) is 0. The van der Waals surface area contributed by atoms with Crippen LogP contribution in [-0.2, 0) is 11.3 Å². The van der Waals surface area contributed by atoms with Crippen molar-refractivity contribution in [2.75, 3.05) is 14.2 Å². The van der Waals surface area contributed by atoms with Gasteiger partial charge in [0.2, 0.25) is 5.91 Å². The van der Waals surface area contributed by atoms with Gasteiger partial charge in [-0.25, -0.2) is 4.98 Å². The van der Waals surface area contributed by atoms with E-state index >= 15 is 0 Å². The zero-order chi connectivity index (χ0) is 22.5. The van der Waals surface area contributed by atoms with E-state index in [1.165, 1.54) is 11.8 Å². The van der Waals surface area contributed by atoms with E-state index in [0.29, 0.717) is 18.0 Å². The maximum atomic E-state index is 12.7. The van der Waals surface area contributed by atoms with Crippen LogP contribution in [0.25, 0.3) is 21.1 Å². The van der Waals surface area contributed by atoms with Crippen molar-refractivity contribution >= 4 is 40.3 Å². The van der Waals surface area contributed by atoms with Gasteiger partial charge in [-0.2, -0.15) is 0 Å². The summed E-state index contributed by atoms with van der Waals surface area (Å²) >= 11 is 4.73. The molecule has 4 rings (SSSR count). The number of ether oxygens (including phenoxy) is 2. The number of thioether (sulfide) groups is 1. The molecule has 0 saturated carbocycles. The number of aromatic amines is 1. The largest absolute Gasteiger partial charge is 0.493 e. The molecule has 1 amide bonds. The summed E-state index contributed by atoms with van der Waals surface area (Å²) in [6, 6.07) is 13.8. The highest BCUT2D eigenvalue weighted by Crippen LogP contribution is 2.37. The van der Waals surface area contributed by atoms with Crippen LogP contribution in [0.3, 0.4) is 0 Å². The Bertz CT molecular complexity index is 1120. The van der Waals surface area contributed by atoms with Crippen LogP contribution < -0.4 is 14.8 Å². The molecule has 2 N–H and O–H groups in total. The Kier molecular flexibility index (Phi) is 7.19. The van der Waals surface area contributed by atoms with Crippen molar-refractivity contribution in [3.8, 4) is 32.6 Å². The van der Waals surface area contributed by atoms with Crippen molar-refractivity contribution in [1.29, 1.82) is 0 Å². The van der Waals surface area contributed by atoms with Crippen LogP contribution in [-0.4, -0.2) is 35.3 Å². The van der Waals surface area contributed by atoms with Gasteiger partial charge in [0.15, 0.2) is 16.7 Å². The van der Waals surface area contributed by atoms with Crippen molar-refractivity contribution in [3.63, 3.8) is 0 Å². The van der Waals surface area contributed by atoms with Gasteiger partial charge in [0, 0.05) is 6.54 Å². The summed E-state index contributed by atoms with van der Waals surface area (Å²) in [4.78, 5) is 23.2. The summed E-state index contributed by atoms with van der Waals surface area (Å²) in [7, 11) is 3.19. The summed E-state index contributed by atoms with van der Waals surface area (Å²) < 4.78 is 10.6. The van der Waals surface area contributed by atoms with Crippen molar-refractivity contribution in [1.82, 2.24) is 15.3 Å². The summed E-state index contributed by atoms with van der Waals surface area (Å²) in [5.74, 6) is 1.24. The molecule has 0 bridgehead atoms. The van der Waals surface area contributed by atoms with E-state index in [-0.39, 0.29) is 11.2 Å². The molecule has 6 nitrogen and oxygen atoms in total. The molecule has 0 aliphatic carbocycles. The fraction of sp³-hybridized carbons (Fsp3) is 0.217. The molecule has 0 aliphatic rings. The third kappa shape index (κ3) is 5.01. The van der Waals surface area contributed by atoms with Gasteiger partial charge in [0.1, 0.15) is 5.69 Å². The molecule has 0 aliphatic heterocycles. The molecule has 1 aromatic carbocycles. The van der Waals surface area contributed by atoms with Gasteiger partial charge < -0.3 is 19.8 Å². The van der Waals surface area contributed by atoms with Crippen LogP contribution >= 0.6 is 34.4 Å². The number of carbonyl (C=O) groups excluding carboxylic acids is 1. The number of benzene rings is 1. The first kappa shape index (κ1) is 22.4. The summed E-state index contributed by atoms with van der Waals surface area (Å²) in [6.45, 7) is 2.29. The van der Waals surface area contributed by atoms with E-state index in [1.807, 2.05) is 48.0 Å². The SMILES string of the molecule is COc1ccc(CNC(=O)C(C)Sc2nc(-c3cccs3)c(-c3cccs3)[nH]2)cc1OC. The number of H-pyrrole nitrogens is 1. The van der Waals surface area contributed by atoms with Gasteiger partial charge >= 0.3 is 0 Å².